The molecule has 0 saturated carbocycles. The number of benzene rings is 1. The Labute approximate surface area is 128 Å². The average Bonchev–Trinajstić information content (AvgIpc) is 2.54. The van der Waals surface area contributed by atoms with E-state index in [1.807, 2.05) is 30.3 Å². The first-order valence-corrected chi connectivity index (χ1v) is 7.54. The Morgan fingerprint density at radius 1 is 1.00 bits per heavy atom. The number of nitrogens with zero attached hydrogens (tertiary/aromatic N) is 1. The molecule has 1 aromatic rings. The Balaban J connectivity index is 1.93. The van der Waals surface area contributed by atoms with Crippen molar-refractivity contribution >= 4 is 17.8 Å². The van der Waals surface area contributed by atoms with Crippen molar-refractivity contribution in [3.05, 3.63) is 58.7 Å². The number of rotatable bonds is 1. The molecule has 0 aromatic heterocycles. The van der Waals surface area contributed by atoms with Crippen LogP contribution in [-0.2, 0) is 14.3 Å². The van der Waals surface area contributed by atoms with Gasteiger partial charge in [-0.25, -0.2) is 4.99 Å². The maximum Gasteiger partial charge on any atom is 0.226 e. The van der Waals surface area contributed by atoms with Crippen molar-refractivity contribution < 1.29 is 14.3 Å². The number of carbonyl (C=O) groups is 2. The average molecular weight is 293 g/mol. The highest BCUT2D eigenvalue weighted by Gasteiger charge is 2.41. The van der Waals surface area contributed by atoms with Gasteiger partial charge >= 0.3 is 0 Å². The van der Waals surface area contributed by atoms with E-state index in [-0.39, 0.29) is 23.9 Å². The van der Waals surface area contributed by atoms with Crippen molar-refractivity contribution in [3.63, 3.8) is 0 Å². The van der Waals surface area contributed by atoms with Crippen LogP contribution in [0.15, 0.2) is 58.1 Å². The molecule has 0 N–H and O–H groups in total. The molecule has 2 heterocycles. The van der Waals surface area contributed by atoms with Gasteiger partial charge < -0.3 is 4.74 Å². The maximum absolute atomic E-state index is 12.5. The molecule has 0 saturated heterocycles. The first-order valence-electron chi connectivity index (χ1n) is 7.54. The molecule has 4 heteroatoms. The molecule has 0 bridgehead atoms. The van der Waals surface area contributed by atoms with Crippen molar-refractivity contribution in [3.8, 4) is 0 Å². The van der Waals surface area contributed by atoms with Gasteiger partial charge in [0.2, 0.25) is 5.88 Å². The van der Waals surface area contributed by atoms with Gasteiger partial charge in [-0.05, 0) is 12.0 Å². The molecule has 0 spiro atoms. The fraction of sp³-hybridized carbons (Fsp3) is 0.278. The van der Waals surface area contributed by atoms with Crippen LogP contribution in [0.3, 0.4) is 0 Å². The summed E-state index contributed by atoms with van der Waals surface area (Å²) in [6.07, 6.45) is 3.89. The fourth-order valence-electron chi connectivity index (χ4n) is 3.38. The third-order valence-electron chi connectivity index (χ3n) is 4.35. The Bertz CT molecular complexity index is 756. The highest BCUT2D eigenvalue weighted by atomic mass is 16.5. The van der Waals surface area contributed by atoms with E-state index in [0.29, 0.717) is 29.2 Å². The molecule has 1 aliphatic carbocycles. The number of ketones is 2. The molecular formula is C18H15NO3. The van der Waals surface area contributed by atoms with Gasteiger partial charge in [0.15, 0.2) is 11.6 Å². The Morgan fingerprint density at radius 3 is 2.64 bits per heavy atom. The molecule has 0 radical (unpaired) electrons. The zero-order valence-electron chi connectivity index (χ0n) is 12.0. The van der Waals surface area contributed by atoms with Gasteiger partial charge in [-0.3, -0.25) is 9.59 Å². The summed E-state index contributed by atoms with van der Waals surface area (Å²) in [6.45, 7) is 0. The van der Waals surface area contributed by atoms with Gasteiger partial charge in [-0.15, -0.1) is 0 Å². The van der Waals surface area contributed by atoms with E-state index in [1.165, 1.54) is 0 Å². The highest BCUT2D eigenvalue weighted by Crippen LogP contribution is 2.45. The second-order valence-electron chi connectivity index (χ2n) is 5.72. The van der Waals surface area contributed by atoms with E-state index < -0.39 is 0 Å². The van der Waals surface area contributed by atoms with Crippen LogP contribution in [0.25, 0.3) is 0 Å². The Hall–Kier alpha value is -2.49. The quantitative estimate of drug-likeness (QED) is 0.799. The minimum absolute atomic E-state index is 0.0104. The lowest BCUT2D eigenvalue weighted by atomic mass is 9.75. The molecule has 110 valence electrons. The lowest BCUT2D eigenvalue weighted by molar-refractivity contribution is -0.117. The molecular weight excluding hydrogens is 278 g/mol. The second kappa shape index (κ2) is 5.05. The number of aliphatic imine (C=N–C) groups is 1. The molecule has 2 aliphatic heterocycles. The summed E-state index contributed by atoms with van der Waals surface area (Å²) >= 11 is 0. The summed E-state index contributed by atoms with van der Waals surface area (Å²) in [4.78, 5) is 29.2. The standard InChI is InChI=1S/C18H15NO3/c20-12-7-4-8-14-16(12)15(11-5-2-1-3-6-11)17-13(21)9-10-19-18(17)22-14/h1-3,5-6,10,15H,4,7-9H2. The van der Waals surface area contributed by atoms with E-state index in [4.69, 9.17) is 4.74 Å². The number of hydrogen-bond acceptors (Lipinski definition) is 4. The molecule has 4 rings (SSSR count). The zero-order valence-corrected chi connectivity index (χ0v) is 12.0. The predicted octanol–water partition coefficient (Wildman–Crippen LogP) is 3.06. The molecule has 3 aliphatic rings. The summed E-state index contributed by atoms with van der Waals surface area (Å²) in [5.41, 5.74) is 2.14. The number of hydrogen-bond donors (Lipinski definition) is 0. The lowest BCUT2D eigenvalue weighted by Gasteiger charge is -2.33. The van der Waals surface area contributed by atoms with Gasteiger partial charge in [0.1, 0.15) is 5.76 Å². The fourth-order valence-corrected chi connectivity index (χ4v) is 3.38. The smallest absolute Gasteiger partial charge is 0.226 e. The van der Waals surface area contributed by atoms with E-state index in [1.54, 1.807) is 6.21 Å². The Kier molecular flexibility index (Phi) is 3.03. The summed E-state index contributed by atoms with van der Waals surface area (Å²) < 4.78 is 5.81. The van der Waals surface area contributed by atoms with Crippen molar-refractivity contribution in [2.75, 3.05) is 0 Å². The van der Waals surface area contributed by atoms with Crippen molar-refractivity contribution in [2.24, 2.45) is 4.99 Å². The van der Waals surface area contributed by atoms with Gasteiger partial charge in [0.05, 0.1) is 5.57 Å². The van der Waals surface area contributed by atoms with Crippen LogP contribution in [-0.4, -0.2) is 17.8 Å². The molecule has 0 amide bonds. The molecule has 1 atom stereocenters. The van der Waals surface area contributed by atoms with E-state index >= 15 is 0 Å². The van der Waals surface area contributed by atoms with Crippen molar-refractivity contribution in [1.29, 1.82) is 0 Å². The topological polar surface area (TPSA) is 55.7 Å². The highest BCUT2D eigenvalue weighted by molar-refractivity contribution is 6.10. The van der Waals surface area contributed by atoms with Crippen LogP contribution < -0.4 is 0 Å². The second-order valence-corrected chi connectivity index (χ2v) is 5.72. The molecule has 22 heavy (non-hydrogen) atoms. The lowest BCUT2D eigenvalue weighted by Crippen LogP contribution is -2.29. The molecule has 0 fully saturated rings. The number of ether oxygens (including phenoxy) is 1. The first-order chi connectivity index (χ1) is 10.8. The molecule has 4 nitrogen and oxygen atoms in total. The zero-order chi connectivity index (χ0) is 15.1. The van der Waals surface area contributed by atoms with Crippen molar-refractivity contribution in [1.82, 2.24) is 0 Å². The monoisotopic (exact) mass is 293 g/mol. The van der Waals surface area contributed by atoms with Crippen LogP contribution in [0.2, 0.25) is 0 Å². The van der Waals surface area contributed by atoms with Crippen LogP contribution in [0.4, 0.5) is 0 Å². The van der Waals surface area contributed by atoms with Crippen molar-refractivity contribution in [2.45, 2.75) is 31.6 Å². The Morgan fingerprint density at radius 2 is 1.82 bits per heavy atom. The third kappa shape index (κ3) is 1.95. The SMILES string of the molecule is O=C1CCCC2=C1C(c1ccccc1)C1=C(N=CCC1=O)O2. The maximum atomic E-state index is 12.5. The van der Waals surface area contributed by atoms with E-state index in [9.17, 15) is 9.59 Å². The summed E-state index contributed by atoms with van der Waals surface area (Å²) in [5, 5.41) is 0. The first kappa shape index (κ1) is 13.2. The summed E-state index contributed by atoms with van der Waals surface area (Å²) in [7, 11) is 0. The van der Waals surface area contributed by atoms with Gasteiger partial charge in [0, 0.05) is 37.0 Å². The number of Topliss-reactive ketones (excluding diaryl/α,β-unsaturated/α-hetero) is 2. The third-order valence-corrected chi connectivity index (χ3v) is 4.35. The minimum Gasteiger partial charge on any atom is -0.442 e. The van der Waals surface area contributed by atoms with Crippen LogP contribution in [0, 0.1) is 0 Å². The predicted molar refractivity (Wildman–Crippen MR) is 81.3 cm³/mol. The summed E-state index contributed by atoms with van der Waals surface area (Å²) in [5.74, 6) is 0.805. The van der Waals surface area contributed by atoms with Gasteiger partial charge in [-0.1, -0.05) is 30.3 Å². The number of carbonyl (C=O) groups excluding carboxylic acids is 2. The van der Waals surface area contributed by atoms with Gasteiger partial charge in [0.25, 0.3) is 0 Å². The normalized spacial score (nSPS) is 24.1. The van der Waals surface area contributed by atoms with Crippen LogP contribution in [0.5, 0.6) is 0 Å². The molecule has 1 unspecified atom stereocenters. The minimum atomic E-state index is -0.335. The van der Waals surface area contributed by atoms with Crippen LogP contribution >= 0.6 is 0 Å². The van der Waals surface area contributed by atoms with E-state index in [2.05, 4.69) is 4.99 Å². The van der Waals surface area contributed by atoms with Crippen LogP contribution in [0.1, 0.15) is 37.2 Å². The molecule has 1 aromatic carbocycles. The largest absolute Gasteiger partial charge is 0.442 e. The van der Waals surface area contributed by atoms with E-state index in [0.717, 1.165) is 18.4 Å². The number of allylic oxidation sites excluding steroid dienone is 3. The summed E-state index contributed by atoms with van der Waals surface area (Å²) in [6, 6.07) is 9.69. The van der Waals surface area contributed by atoms with Gasteiger partial charge in [-0.2, -0.15) is 0 Å².